The lowest BCUT2D eigenvalue weighted by Gasteiger charge is -2.17. The molecule has 2 aliphatic rings. The molecule has 0 spiro atoms. The minimum absolute atomic E-state index is 0.453. The first kappa shape index (κ1) is 25.3. The highest BCUT2D eigenvalue weighted by Gasteiger charge is 2.44. The minimum atomic E-state index is -1.06. The molecule has 198 valence electrons. The number of hydrogen-bond acceptors (Lipinski definition) is 9. The van der Waals surface area contributed by atoms with Crippen molar-refractivity contribution in [3.63, 3.8) is 0 Å². The summed E-state index contributed by atoms with van der Waals surface area (Å²) in [5.41, 5.74) is 4.78. The SMILES string of the molecule is O[C@@H]1C(CS[C@H]2CCNC2)OC(n2cnc3c(NCCc4ccc(-c5ccccc5)cc4)ncnc32)[C@@H]1O. The third-order valence-corrected chi connectivity index (χ3v) is 8.64. The molecule has 10 heteroatoms. The quantitative estimate of drug-likeness (QED) is 0.258. The van der Waals surface area contributed by atoms with Gasteiger partial charge in [-0.2, -0.15) is 11.8 Å². The molecule has 9 nitrogen and oxygen atoms in total. The molecule has 38 heavy (non-hydrogen) atoms. The highest BCUT2D eigenvalue weighted by Crippen LogP contribution is 2.34. The van der Waals surface area contributed by atoms with Crippen LogP contribution in [0.5, 0.6) is 0 Å². The number of ether oxygens (including phenoxy) is 1. The Morgan fingerprint density at radius 1 is 1.00 bits per heavy atom. The van der Waals surface area contributed by atoms with E-state index < -0.39 is 24.5 Å². The molecule has 2 aliphatic heterocycles. The Hall–Kier alpha value is -3.02. The van der Waals surface area contributed by atoms with Crippen molar-refractivity contribution >= 4 is 28.7 Å². The van der Waals surface area contributed by atoms with Crippen LogP contribution in [0.25, 0.3) is 22.3 Å². The van der Waals surface area contributed by atoms with Crippen molar-refractivity contribution in [2.75, 3.05) is 30.7 Å². The van der Waals surface area contributed by atoms with Crippen LogP contribution in [0.15, 0.2) is 67.3 Å². The average Bonchev–Trinajstić information content (AvgIpc) is 3.69. The molecule has 5 atom stereocenters. The number of hydrogen-bond donors (Lipinski definition) is 4. The third kappa shape index (κ3) is 5.27. The molecule has 0 radical (unpaired) electrons. The summed E-state index contributed by atoms with van der Waals surface area (Å²) in [6, 6.07) is 18.9. The second-order valence-electron chi connectivity index (χ2n) is 9.78. The number of aliphatic hydroxyl groups is 2. The zero-order chi connectivity index (χ0) is 25.9. The topological polar surface area (TPSA) is 117 Å². The fourth-order valence-corrected chi connectivity index (χ4v) is 6.34. The summed E-state index contributed by atoms with van der Waals surface area (Å²) < 4.78 is 7.81. The molecular weight excluding hydrogens is 500 g/mol. The maximum Gasteiger partial charge on any atom is 0.167 e. The predicted octanol–water partition coefficient (Wildman–Crippen LogP) is 2.86. The number of imidazole rings is 1. The maximum atomic E-state index is 10.8. The molecule has 2 aromatic carbocycles. The van der Waals surface area contributed by atoms with Gasteiger partial charge in [0, 0.05) is 24.1 Å². The van der Waals surface area contributed by atoms with Crippen LogP contribution in [0.4, 0.5) is 5.82 Å². The second-order valence-corrected chi connectivity index (χ2v) is 11.1. The van der Waals surface area contributed by atoms with Crippen LogP contribution in [-0.4, -0.2) is 78.7 Å². The molecule has 2 unspecified atom stereocenters. The molecule has 0 aliphatic carbocycles. The number of benzene rings is 2. The second kappa shape index (κ2) is 11.4. The Balaban J connectivity index is 1.09. The smallest absolute Gasteiger partial charge is 0.167 e. The van der Waals surface area contributed by atoms with Crippen LogP contribution >= 0.6 is 11.8 Å². The fraction of sp³-hybridized carbons (Fsp3) is 0.393. The number of aliphatic hydroxyl groups excluding tert-OH is 2. The lowest BCUT2D eigenvalue weighted by atomic mass is 10.0. The molecule has 0 bridgehead atoms. The Morgan fingerprint density at radius 3 is 2.61 bits per heavy atom. The summed E-state index contributed by atoms with van der Waals surface area (Å²) in [6.45, 7) is 2.67. The van der Waals surface area contributed by atoms with Crippen molar-refractivity contribution in [3.8, 4) is 11.1 Å². The molecule has 2 aromatic heterocycles. The zero-order valence-electron chi connectivity index (χ0n) is 21.0. The fourth-order valence-electron chi connectivity index (χ4n) is 5.09. The van der Waals surface area contributed by atoms with Crippen LogP contribution in [0, 0.1) is 0 Å². The van der Waals surface area contributed by atoms with Gasteiger partial charge in [0.05, 0.1) is 12.4 Å². The molecule has 6 rings (SSSR count). The summed E-state index contributed by atoms with van der Waals surface area (Å²) in [6.07, 6.45) is 1.78. The van der Waals surface area contributed by atoms with Gasteiger partial charge in [0.2, 0.25) is 0 Å². The van der Waals surface area contributed by atoms with Gasteiger partial charge >= 0.3 is 0 Å². The van der Waals surface area contributed by atoms with Gasteiger partial charge in [-0.1, -0.05) is 54.6 Å². The maximum absolute atomic E-state index is 10.8. The summed E-state index contributed by atoms with van der Waals surface area (Å²) in [4.78, 5) is 13.3. The largest absolute Gasteiger partial charge is 0.387 e. The van der Waals surface area contributed by atoms with Crippen LogP contribution in [-0.2, 0) is 11.2 Å². The number of nitrogens with zero attached hydrogens (tertiary/aromatic N) is 4. The Labute approximate surface area is 225 Å². The first-order chi connectivity index (χ1) is 18.7. The predicted molar refractivity (Wildman–Crippen MR) is 149 cm³/mol. The van der Waals surface area contributed by atoms with Crippen LogP contribution in [0.1, 0.15) is 18.2 Å². The number of anilines is 1. The summed E-state index contributed by atoms with van der Waals surface area (Å²) in [5, 5.41) is 28.7. The normalized spacial score (nSPS) is 25.3. The minimum Gasteiger partial charge on any atom is -0.387 e. The van der Waals surface area contributed by atoms with E-state index in [1.54, 1.807) is 22.7 Å². The molecule has 4 aromatic rings. The standard InChI is InChI=1S/C28H32N6O3S/c35-24-22(15-38-21-11-12-29-14-21)37-28(25(24)36)34-17-33-23-26(31-16-32-27(23)34)30-13-10-18-6-8-20(9-7-18)19-4-2-1-3-5-19/h1-9,16-17,21-22,24-25,28-29,35-36H,10-15H2,(H,30,31,32)/t21-,22?,24+,25+,28?/m0/s1. The van der Waals surface area contributed by atoms with E-state index in [0.717, 1.165) is 25.9 Å². The highest BCUT2D eigenvalue weighted by molar-refractivity contribution is 8.00. The number of nitrogens with one attached hydrogen (secondary N) is 2. The third-order valence-electron chi connectivity index (χ3n) is 7.25. The van der Waals surface area contributed by atoms with Gasteiger partial charge in [-0.3, -0.25) is 4.57 Å². The number of aromatic nitrogens is 4. The number of fused-ring (bicyclic) bond motifs is 1. The first-order valence-electron chi connectivity index (χ1n) is 13.1. The Bertz CT molecular complexity index is 1350. The van der Waals surface area contributed by atoms with E-state index in [4.69, 9.17) is 4.74 Å². The zero-order valence-corrected chi connectivity index (χ0v) is 21.8. The van der Waals surface area contributed by atoms with E-state index in [2.05, 4.69) is 62.0 Å². The van der Waals surface area contributed by atoms with Gasteiger partial charge in [-0.05, 0) is 36.1 Å². The Morgan fingerprint density at radius 2 is 1.82 bits per heavy atom. The molecule has 2 saturated heterocycles. The van der Waals surface area contributed by atoms with Crippen LogP contribution in [0.2, 0.25) is 0 Å². The van der Waals surface area contributed by atoms with Crippen molar-refractivity contribution in [3.05, 3.63) is 72.8 Å². The van der Waals surface area contributed by atoms with Crippen LogP contribution < -0.4 is 10.6 Å². The van der Waals surface area contributed by atoms with Gasteiger partial charge in [-0.25, -0.2) is 15.0 Å². The van der Waals surface area contributed by atoms with E-state index in [-0.39, 0.29) is 0 Å². The van der Waals surface area contributed by atoms with Crippen LogP contribution in [0.3, 0.4) is 0 Å². The van der Waals surface area contributed by atoms with E-state index >= 15 is 0 Å². The summed E-state index contributed by atoms with van der Waals surface area (Å²) >= 11 is 1.78. The van der Waals surface area contributed by atoms with Crippen molar-refractivity contribution in [2.24, 2.45) is 0 Å². The molecule has 0 saturated carbocycles. The lowest BCUT2D eigenvalue weighted by molar-refractivity contribution is -0.0289. The van der Waals surface area contributed by atoms with Gasteiger partial charge < -0.3 is 25.6 Å². The van der Waals surface area contributed by atoms with Crippen molar-refractivity contribution < 1.29 is 14.9 Å². The molecule has 4 N–H and O–H groups in total. The number of rotatable bonds is 9. The van der Waals surface area contributed by atoms with Gasteiger partial charge in [0.25, 0.3) is 0 Å². The van der Waals surface area contributed by atoms with Crippen molar-refractivity contribution in [1.82, 2.24) is 24.8 Å². The van der Waals surface area contributed by atoms with E-state index in [9.17, 15) is 10.2 Å². The van der Waals surface area contributed by atoms with Gasteiger partial charge in [-0.15, -0.1) is 0 Å². The monoisotopic (exact) mass is 532 g/mol. The van der Waals surface area contributed by atoms with E-state index in [1.165, 1.54) is 23.0 Å². The van der Waals surface area contributed by atoms with Gasteiger partial charge in [0.1, 0.15) is 18.5 Å². The van der Waals surface area contributed by atoms with E-state index in [0.29, 0.717) is 34.5 Å². The molecule has 4 heterocycles. The highest BCUT2D eigenvalue weighted by atomic mass is 32.2. The molecule has 0 amide bonds. The summed E-state index contributed by atoms with van der Waals surface area (Å²) in [7, 11) is 0. The van der Waals surface area contributed by atoms with Crippen molar-refractivity contribution in [1.29, 1.82) is 0 Å². The average molecular weight is 533 g/mol. The first-order valence-corrected chi connectivity index (χ1v) is 14.1. The lowest BCUT2D eigenvalue weighted by Crippen LogP contribution is -2.33. The number of thioether (sulfide) groups is 1. The van der Waals surface area contributed by atoms with Gasteiger partial charge in [0.15, 0.2) is 23.2 Å². The van der Waals surface area contributed by atoms with E-state index in [1.807, 2.05) is 18.2 Å². The molecular formula is C28H32N6O3S. The van der Waals surface area contributed by atoms with Crippen molar-refractivity contribution in [2.45, 2.75) is 42.6 Å². The molecule has 2 fully saturated rings. The summed E-state index contributed by atoms with van der Waals surface area (Å²) in [5.74, 6) is 1.26. The Kier molecular flexibility index (Phi) is 7.57.